The second kappa shape index (κ2) is 5.21. The van der Waals surface area contributed by atoms with Gasteiger partial charge in [0.2, 0.25) is 0 Å². The number of nitrogens with one attached hydrogen (secondary N) is 1. The van der Waals surface area contributed by atoms with Crippen molar-refractivity contribution < 1.29 is 9.53 Å². The highest BCUT2D eigenvalue weighted by Crippen LogP contribution is 2.09. The largest absolute Gasteiger partial charge is 0.444 e. The minimum absolute atomic E-state index is 0.381. The molecule has 0 aliphatic heterocycles. The summed E-state index contributed by atoms with van der Waals surface area (Å²) in [7, 11) is 0. The number of carbonyl (C=O) groups is 1. The molecule has 4 heteroatoms. The molecule has 1 rings (SSSR count). The van der Waals surface area contributed by atoms with Gasteiger partial charge in [0.15, 0.2) is 0 Å². The van der Waals surface area contributed by atoms with Crippen molar-refractivity contribution in [3.63, 3.8) is 0 Å². The Morgan fingerprint density at radius 1 is 1.50 bits per heavy atom. The number of hydrogen-bond acceptors (Lipinski definition) is 2. The minimum atomic E-state index is -0.478. The van der Waals surface area contributed by atoms with E-state index in [2.05, 4.69) is 11.4 Å². The summed E-state index contributed by atoms with van der Waals surface area (Å²) in [6.07, 6.45) is -0.434. The Bertz CT molecular complexity index is 354. The Morgan fingerprint density at radius 2 is 2.19 bits per heavy atom. The van der Waals surface area contributed by atoms with Crippen molar-refractivity contribution in [2.75, 3.05) is 0 Å². The van der Waals surface area contributed by atoms with Gasteiger partial charge in [0, 0.05) is 11.6 Å². The maximum absolute atomic E-state index is 11.3. The Balaban J connectivity index is 2.40. The lowest BCUT2D eigenvalue weighted by Crippen LogP contribution is -2.32. The van der Waals surface area contributed by atoms with Crippen LogP contribution >= 0.6 is 11.6 Å². The van der Waals surface area contributed by atoms with Gasteiger partial charge in [-0.3, -0.25) is 0 Å². The summed E-state index contributed by atoms with van der Waals surface area (Å²) in [6.45, 7) is 5.84. The molecule has 0 saturated carbocycles. The van der Waals surface area contributed by atoms with Crippen LogP contribution in [0.1, 0.15) is 26.3 Å². The van der Waals surface area contributed by atoms with Crippen molar-refractivity contribution in [1.82, 2.24) is 5.32 Å². The number of amides is 1. The monoisotopic (exact) mass is 240 g/mol. The van der Waals surface area contributed by atoms with E-state index in [0.717, 1.165) is 5.56 Å². The lowest BCUT2D eigenvalue weighted by Gasteiger charge is -2.19. The van der Waals surface area contributed by atoms with Gasteiger partial charge >= 0.3 is 6.09 Å². The third-order valence-electron chi connectivity index (χ3n) is 1.66. The van der Waals surface area contributed by atoms with Crippen LogP contribution in [0.5, 0.6) is 0 Å². The first-order valence-corrected chi connectivity index (χ1v) is 5.37. The summed E-state index contributed by atoms with van der Waals surface area (Å²) >= 11 is 5.72. The lowest BCUT2D eigenvalue weighted by molar-refractivity contribution is 0.0523. The third kappa shape index (κ3) is 5.03. The molecule has 0 saturated heterocycles. The predicted molar refractivity (Wildman–Crippen MR) is 63.4 cm³/mol. The summed E-state index contributed by atoms with van der Waals surface area (Å²) in [5, 5.41) is 3.27. The minimum Gasteiger partial charge on any atom is -0.444 e. The molecule has 16 heavy (non-hydrogen) atoms. The van der Waals surface area contributed by atoms with Crippen molar-refractivity contribution in [3.05, 3.63) is 34.9 Å². The number of carbonyl (C=O) groups excluding carboxylic acids is 1. The Hall–Kier alpha value is -1.22. The maximum atomic E-state index is 11.3. The molecule has 1 amide bonds. The molecule has 1 N–H and O–H groups in total. The Labute approximate surface area is 101 Å². The Kier molecular flexibility index (Phi) is 4.19. The summed E-state index contributed by atoms with van der Waals surface area (Å²) < 4.78 is 5.09. The number of ether oxygens (including phenoxy) is 1. The fraction of sp³-hybridized carbons (Fsp3) is 0.417. The average molecular weight is 241 g/mol. The van der Waals surface area contributed by atoms with Crippen molar-refractivity contribution >= 4 is 17.7 Å². The summed E-state index contributed by atoms with van der Waals surface area (Å²) in [4.78, 5) is 11.3. The van der Waals surface area contributed by atoms with E-state index in [1.807, 2.05) is 20.8 Å². The molecule has 0 aliphatic carbocycles. The number of alkyl carbamates (subject to hydrolysis) is 1. The molecule has 1 aromatic carbocycles. The first kappa shape index (κ1) is 12.8. The van der Waals surface area contributed by atoms with E-state index in [9.17, 15) is 4.79 Å². The van der Waals surface area contributed by atoms with Gasteiger partial charge in [-0.15, -0.1) is 0 Å². The number of hydrogen-bond donors (Lipinski definition) is 1. The molecule has 1 radical (unpaired) electrons. The van der Waals surface area contributed by atoms with Gasteiger partial charge in [0.05, 0.1) is 0 Å². The van der Waals surface area contributed by atoms with E-state index >= 15 is 0 Å². The van der Waals surface area contributed by atoms with Crippen LogP contribution in [-0.4, -0.2) is 11.7 Å². The topological polar surface area (TPSA) is 38.3 Å². The smallest absolute Gasteiger partial charge is 0.407 e. The zero-order valence-corrected chi connectivity index (χ0v) is 10.4. The molecule has 0 unspecified atom stereocenters. The Morgan fingerprint density at radius 3 is 2.69 bits per heavy atom. The summed E-state index contributed by atoms with van der Waals surface area (Å²) in [5.74, 6) is 0. The summed E-state index contributed by atoms with van der Waals surface area (Å²) in [6, 6.07) is 8.17. The van der Waals surface area contributed by atoms with Crippen LogP contribution in [0.25, 0.3) is 0 Å². The molecular weight excluding hydrogens is 226 g/mol. The van der Waals surface area contributed by atoms with Crippen LogP contribution in [0.2, 0.25) is 5.02 Å². The number of halogens is 1. The molecule has 0 heterocycles. The normalized spacial score (nSPS) is 11.0. The molecule has 3 nitrogen and oxygen atoms in total. The number of benzene rings is 1. The van der Waals surface area contributed by atoms with E-state index in [1.54, 1.807) is 18.2 Å². The number of rotatable bonds is 2. The highest BCUT2D eigenvalue weighted by molar-refractivity contribution is 6.30. The quantitative estimate of drug-likeness (QED) is 0.862. The van der Waals surface area contributed by atoms with Gasteiger partial charge in [-0.2, -0.15) is 0 Å². The van der Waals surface area contributed by atoms with Gasteiger partial charge in [-0.25, -0.2) is 4.79 Å². The molecule has 0 spiro atoms. The highest BCUT2D eigenvalue weighted by atomic mass is 35.5. The fourth-order valence-electron chi connectivity index (χ4n) is 1.03. The van der Waals surface area contributed by atoms with Crippen LogP contribution in [-0.2, 0) is 11.3 Å². The fourth-order valence-corrected chi connectivity index (χ4v) is 1.15. The zero-order chi connectivity index (χ0) is 12.2. The van der Waals surface area contributed by atoms with Gasteiger partial charge in [-0.05, 0) is 44.5 Å². The van der Waals surface area contributed by atoms with Crippen molar-refractivity contribution in [1.29, 1.82) is 0 Å². The molecule has 0 fully saturated rings. The van der Waals surface area contributed by atoms with E-state index in [1.165, 1.54) is 0 Å². The third-order valence-corrected chi connectivity index (χ3v) is 1.90. The van der Waals surface area contributed by atoms with Gasteiger partial charge < -0.3 is 10.1 Å². The van der Waals surface area contributed by atoms with Crippen LogP contribution in [0.4, 0.5) is 4.79 Å². The molecule has 0 aliphatic rings. The molecule has 0 aromatic heterocycles. The van der Waals surface area contributed by atoms with Crippen molar-refractivity contribution in [2.45, 2.75) is 32.9 Å². The SMILES string of the molecule is CC(C)(C)OC(=O)NCc1[c]cc(Cl)cc1. The van der Waals surface area contributed by atoms with Crippen LogP contribution < -0.4 is 5.32 Å². The molecule has 0 bridgehead atoms. The van der Waals surface area contributed by atoms with Gasteiger partial charge in [0.25, 0.3) is 0 Å². The first-order chi connectivity index (χ1) is 7.37. The first-order valence-electron chi connectivity index (χ1n) is 5.00. The maximum Gasteiger partial charge on any atom is 0.407 e. The lowest BCUT2D eigenvalue weighted by atomic mass is 10.2. The van der Waals surface area contributed by atoms with Gasteiger partial charge in [-0.1, -0.05) is 17.7 Å². The van der Waals surface area contributed by atoms with E-state index in [0.29, 0.717) is 11.6 Å². The zero-order valence-electron chi connectivity index (χ0n) is 9.63. The average Bonchev–Trinajstić information content (AvgIpc) is 2.14. The standard InChI is InChI=1S/C12H15ClNO2/c1-12(2,3)16-11(15)14-8-9-4-6-10(13)7-5-9/h4,6-7H,8H2,1-3H3,(H,14,15). The second-order valence-corrected chi connectivity index (χ2v) is 4.82. The second-order valence-electron chi connectivity index (χ2n) is 4.39. The predicted octanol–water partition coefficient (Wildman–Crippen LogP) is 3.16. The molecule has 87 valence electrons. The molecule has 0 atom stereocenters. The van der Waals surface area contributed by atoms with Crippen LogP contribution in [0.15, 0.2) is 18.2 Å². The highest BCUT2D eigenvalue weighted by Gasteiger charge is 2.15. The molecule has 1 aromatic rings. The molecular formula is C12H15ClNO2. The van der Waals surface area contributed by atoms with E-state index in [4.69, 9.17) is 16.3 Å². The van der Waals surface area contributed by atoms with E-state index in [-0.39, 0.29) is 0 Å². The van der Waals surface area contributed by atoms with Crippen LogP contribution in [0.3, 0.4) is 0 Å². The van der Waals surface area contributed by atoms with Gasteiger partial charge in [0.1, 0.15) is 5.60 Å². The van der Waals surface area contributed by atoms with Crippen molar-refractivity contribution in [2.24, 2.45) is 0 Å². The van der Waals surface area contributed by atoms with Crippen LogP contribution in [0, 0.1) is 6.07 Å². The van der Waals surface area contributed by atoms with E-state index < -0.39 is 11.7 Å². The van der Waals surface area contributed by atoms with Crippen molar-refractivity contribution in [3.8, 4) is 0 Å². The summed E-state index contributed by atoms with van der Waals surface area (Å²) in [5.41, 5.74) is 0.378.